The van der Waals surface area contributed by atoms with Gasteiger partial charge in [0.25, 0.3) is 0 Å². The number of nitrogens with zero attached hydrogens (tertiary/aromatic N) is 2. The van der Waals surface area contributed by atoms with Crippen molar-refractivity contribution >= 4 is 16.5 Å². The van der Waals surface area contributed by atoms with Gasteiger partial charge in [0.2, 0.25) is 0 Å². The molecule has 0 spiro atoms. The quantitative estimate of drug-likeness (QED) is 0.834. The standard InChI is InChI=1S/C10H19N3S/c1-5-10(2,3)13(4)9-12-8(6-11)7-14-9/h7H,5-6,11H2,1-4H3. The minimum Gasteiger partial charge on any atom is -0.346 e. The molecule has 4 heteroatoms. The van der Waals surface area contributed by atoms with Crippen LogP contribution in [0.25, 0.3) is 0 Å². The molecule has 1 heterocycles. The molecule has 0 radical (unpaired) electrons. The van der Waals surface area contributed by atoms with Gasteiger partial charge in [-0.3, -0.25) is 0 Å². The number of nitrogens with two attached hydrogens (primary N) is 1. The monoisotopic (exact) mass is 213 g/mol. The molecule has 3 nitrogen and oxygen atoms in total. The number of rotatable bonds is 4. The highest BCUT2D eigenvalue weighted by Crippen LogP contribution is 2.27. The van der Waals surface area contributed by atoms with Crippen LogP contribution in [0.15, 0.2) is 5.38 Å². The van der Waals surface area contributed by atoms with Gasteiger partial charge >= 0.3 is 0 Å². The van der Waals surface area contributed by atoms with E-state index in [4.69, 9.17) is 5.73 Å². The molecular formula is C10H19N3S. The maximum Gasteiger partial charge on any atom is 0.185 e. The molecule has 0 unspecified atom stereocenters. The van der Waals surface area contributed by atoms with E-state index in [-0.39, 0.29) is 5.54 Å². The summed E-state index contributed by atoms with van der Waals surface area (Å²) < 4.78 is 0. The van der Waals surface area contributed by atoms with Crippen LogP contribution in [0.5, 0.6) is 0 Å². The van der Waals surface area contributed by atoms with Crippen LogP contribution in [0, 0.1) is 0 Å². The second-order valence-corrected chi connectivity index (χ2v) is 4.89. The van der Waals surface area contributed by atoms with Crippen molar-refractivity contribution in [2.75, 3.05) is 11.9 Å². The fraction of sp³-hybridized carbons (Fsp3) is 0.700. The maximum absolute atomic E-state index is 5.53. The lowest BCUT2D eigenvalue weighted by molar-refractivity contribution is 0.470. The summed E-state index contributed by atoms with van der Waals surface area (Å²) in [5, 5.41) is 3.08. The average molecular weight is 213 g/mol. The molecule has 2 N–H and O–H groups in total. The molecule has 0 aliphatic carbocycles. The number of thiazole rings is 1. The SMILES string of the molecule is CCC(C)(C)N(C)c1nc(CN)cs1. The minimum atomic E-state index is 0.156. The molecule has 0 amide bonds. The Morgan fingerprint density at radius 2 is 2.21 bits per heavy atom. The zero-order chi connectivity index (χ0) is 10.8. The summed E-state index contributed by atoms with van der Waals surface area (Å²) in [4.78, 5) is 6.68. The van der Waals surface area contributed by atoms with Crippen LogP contribution in [-0.4, -0.2) is 17.6 Å². The van der Waals surface area contributed by atoms with Crippen molar-refractivity contribution in [3.05, 3.63) is 11.1 Å². The van der Waals surface area contributed by atoms with Crippen molar-refractivity contribution in [2.45, 2.75) is 39.3 Å². The van der Waals surface area contributed by atoms with Gasteiger partial charge in [-0.05, 0) is 20.3 Å². The van der Waals surface area contributed by atoms with Crippen LogP contribution >= 0.6 is 11.3 Å². The van der Waals surface area contributed by atoms with Crippen molar-refractivity contribution < 1.29 is 0 Å². The number of anilines is 1. The van der Waals surface area contributed by atoms with Crippen LogP contribution in [0.3, 0.4) is 0 Å². The molecule has 80 valence electrons. The van der Waals surface area contributed by atoms with Gasteiger partial charge in [0.05, 0.1) is 5.69 Å². The highest BCUT2D eigenvalue weighted by atomic mass is 32.1. The van der Waals surface area contributed by atoms with Crippen LogP contribution in [-0.2, 0) is 6.54 Å². The number of hydrogen-bond acceptors (Lipinski definition) is 4. The van der Waals surface area contributed by atoms with Crippen molar-refractivity contribution in [1.29, 1.82) is 0 Å². The zero-order valence-corrected chi connectivity index (χ0v) is 10.2. The Kier molecular flexibility index (Phi) is 3.50. The Bertz CT molecular complexity index is 293. The highest BCUT2D eigenvalue weighted by Gasteiger charge is 2.23. The highest BCUT2D eigenvalue weighted by molar-refractivity contribution is 7.13. The topological polar surface area (TPSA) is 42.2 Å². The first-order valence-electron chi connectivity index (χ1n) is 4.89. The maximum atomic E-state index is 5.53. The lowest BCUT2D eigenvalue weighted by atomic mass is 10.0. The van der Waals surface area contributed by atoms with Gasteiger partial charge in [-0.25, -0.2) is 4.98 Å². The van der Waals surface area contributed by atoms with Gasteiger partial charge in [-0.15, -0.1) is 11.3 Å². The lowest BCUT2D eigenvalue weighted by Crippen LogP contribution is -2.40. The van der Waals surface area contributed by atoms with E-state index in [1.54, 1.807) is 11.3 Å². The molecule has 0 fully saturated rings. The van der Waals surface area contributed by atoms with E-state index >= 15 is 0 Å². The number of hydrogen-bond donors (Lipinski definition) is 1. The van der Waals surface area contributed by atoms with E-state index in [0.29, 0.717) is 6.54 Å². The lowest BCUT2D eigenvalue weighted by Gasteiger charge is -2.34. The van der Waals surface area contributed by atoms with Crippen molar-refractivity contribution in [3.63, 3.8) is 0 Å². The molecule has 1 aromatic heterocycles. The Hall–Kier alpha value is -0.610. The summed E-state index contributed by atoms with van der Waals surface area (Å²) in [6.45, 7) is 7.15. The van der Waals surface area contributed by atoms with Crippen LogP contribution in [0.2, 0.25) is 0 Å². The molecule has 1 rings (SSSR count). The molecule has 0 aromatic carbocycles. The summed E-state index contributed by atoms with van der Waals surface area (Å²) in [6, 6.07) is 0. The third kappa shape index (κ3) is 2.25. The third-order valence-electron chi connectivity index (χ3n) is 2.81. The van der Waals surface area contributed by atoms with Crippen molar-refractivity contribution in [3.8, 4) is 0 Å². The van der Waals surface area contributed by atoms with E-state index < -0.39 is 0 Å². The fourth-order valence-electron chi connectivity index (χ4n) is 1.04. The largest absolute Gasteiger partial charge is 0.346 e. The fourth-order valence-corrected chi connectivity index (χ4v) is 2.01. The zero-order valence-electron chi connectivity index (χ0n) is 9.37. The minimum absolute atomic E-state index is 0.156. The summed E-state index contributed by atoms with van der Waals surface area (Å²) in [7, 11) is 2.09. The van der Waals surface area contributed by atoms with E-state index in [2.05, 4.69) is 37.7 Å². The van der Waals surface area contributed by atoms with E-state index in [1.807, 2.05) is 5.38 Å². The molecular weight excluding hydrogens is 194 g/mol. The first-order chi connectivity index (χ1) is 6.51. The molecule has 0 saturated heterocycles. The summed E-state index contributed by atoms with van der Waals surface area (Å²) in [6.07, 6.45) is 1.10. The third-order valence-corrected chi connectivity index (χ3v) is 3.77. The smallest absolute Gasteiger partial charge is 0.185 e. The second-order valence-electron chi connectivity index (χ2n) is 4.05. The Labute approximate surface area is 89.9 Å². The van der Waals surface area contributed by atoms with E-state index in [1.165, 1.54) is 0 Å². The van der Waals surface area contributed by atoms with Gasteiger partial charge in [0, 0.05) is 24.5 Å². The molecule has 0 atom stereocenters. The Morgan fingerprint density at radius 1 is 1.57 bits per heavy atom. The van der Waals surface area contributed by atoms with Crippen LogP contribution in [0.4, 0.5) is 5.13 Å². The van der Waals surface area contributed by atoms with Crippen molar-refractivity contribution in [2.24, 2.45) is 5.73 Å². The van der Waals surface area contributed by atoms with Gasteiger partial charge in [-0.2, -0.15) is 0 Å². The Balaban J connectivity index is 2.83. The Morgan fingerprint density at radius 3 is 2.64 bits per heavy atom. The predicted octanol–water partition coefficient (Wildman–Crippen LogP) is 2.23. The molecule has 0 aliphatic heterocycles. The number of aromatic nitrogens is 1. The first kappa shape index (κ1) is 11.5. The molecule has 1 aromatic rings. The van der Waals surface area contributed by atoms with Crippen molar-refractivity contribution in [1.82, 2.24) is 4.98 Å². The molecule has 0 bridgehead atoms. The van der Waals surface area contributed by atoms with Crippen LogP contribution < -0.4 is 10.6 Å². The average Bonchev–Trinajstić information content (AvgIpc) is 2.64. The van der Waals surface area contributed by atoms with Gasteiger partial charge < -0.3 is 10.6 Å². The summed E-state index contributed by atoms with van der Waals surface area (Å²) in [5.41, 5.74) is 6.66. The summed E-state index contributed by atoms with van der Waals surface area (Å²) >= 11 is 1.66. The van der Waals surface area contributed by atoms with E-state index in [9.17, 15) is 0 Å². The molecule has 0 aliphatic rings. The summed E-state index contributed by atoms with van der Waals surface area (Å²) in [5.74, 6) is 0. The van der Waals surface area contributed by atoms with Gasteiger partial charge in [0.15, 0.2) is 5.13 Å². The first-order valence-corrected chi connectivity index (χ1v) is 5.77. The van der Waals surface area contributed by atoms with Gasteiger partial charge in [-0.1, -0.05) is 6.92 Å². The van der Waals surface area contributed by atoms with Crippen LogP contribution in [0.1, 0.15) is 32.9 Å². The predicted molar refractivity (Wildman–Crippen MR) is 62.8 cm³/mol. The molecule has 14 heavy (non-hydrogen) atoms. The van der Waals surface area contributed by atoms with Gasteiger partial charge in [0.1, 0.15) is 0 Å². The normalized spacial score (nSPS) is 11.8. The second kappa shape index (κ2) is 4.28. The van der Waals surface area contributed by atoms with E-state index in [0.717, 1.165) is 17.2 Å². The molecule has 0 saturated carbocycles.